The monoisotopic (exact) mass is 657 g/mol. The molecule has 6 unspecified atom stereocenters. The number of likely N-dealkylation sites (tertiary alicyclic amines) is 1. The van der Waals surface area contributed by atoms with Gasteiger partial charge >= 0.3 is 0 Å². The Hall–Kier alpha value is -5.02. The van der Waals surface area contributed by atoms with Gasteiger partial charge in [-0.05, 0) is 78.9 Å². The van der Waals surface area contributed by atoms with Crippen molar-refractivity contribution in [3.05, 3.63) is 129 Å². The first-order chi connectivity index (χ1) is 23.2. The van der Waals surface area contributed by atoms with Crippen LogP contribution in [0, 0.1) is 37.5 Å². The Morgan fingerprint density at radius 2 is 1.65 bits per heavy atom. The first-order valence-corrected chi connectivity index (χ1v) is 17.2. The van der Waals surface area contributed by atoms with E-state index in [2.05, 4.69) is 11.5 Å². The topological polar surface area (TPSA) is 107 Å². The number of phenolic OH excluding ortho intramolecular Hbond substituents is 1. The molecule has 48 heavy (non-hydrogen) atoms. The lowest BCUT2D eigenvalue weighted by Gasteiger charge is -2.50. The highest BCUT2D eigenvalue weighted by Gasteiger charge is 2.70. The number of phenols is 1. The summed E-state index contributed by atoms with van der Waals surface area (Å²) < 4.78 is 0. The maximum atomic E-state index is 15.2. The van der Waals surface area contributed by atoms with Gasteiger partial charge in [0.05, 0.1) is 35.4 Å². The van der Waals surface area contributed by atoms with E-state index in [9.17, 15) is 19.5 Å². The van der Waals surface area contributed by atoms with Crippen LogP contribution in [0.3, 0.4) is 0 Å². The van der Waals surface area contributed by atoms with Gasteiger partial charge in [-0.15, -0.1) is 11.3 Å². The van der Waals surface area contributed by atoms with Crippen molar-refractivity contribution in [2.75, 3.05) is 5.43 Å². The number of allylic oxidation sites excluding steroid dienone is 2. The molecule has 6 atom stereocenters. The molecule has 1 saturated carbocycles. The summed E-state index contributed by atoms with van der Waals surface area (Å²) in [6.07, 6.45) is 2.68. The number of rotatable bonds is 6. The van der Waals surface area contributed by atoms with E-state index in [0.717, 1.165) is 21.6 Å². The number of anilines is 1. The van der Waals surface area contributed by atoms with Gasteiger partial charge in [0, 0.05) is 10.8 Å². The number of hydrazine groups is 1. The van der Waals surface area contributed by atoms with Crippen molar-refractivity contribution >= 4 is 40.7 Å². The zero-order valence-electron chi connectivity index (χ0n) is 26.6. The molecule has 3 heterocycles. The normalized spacial score (nSPS) is 27.9. The standard InChI is InChI=1S/C39H35N3O5S/c1-22-10-13-26(14-11-22)40-42-36(45)31-20-30-28(15-16-29-33(30)37(46)41(35(29)44)21-27-9-6-18-48-27)34(24-12-17-32(43)23(2)19-24)39(31,38(42)47)25-7-4-3-5-8-25/h3-15,17-19,29-31,33-34,40,43H,16,20-21H2,1-2H3. The molecule has 8 nitrogen and oxygen atoms in total. The summed E-state index contributed by atoms with van der Waals surface area (Å²) in [7, 11) is 0. The van der Waals surface area contributed by atoms with Gasteiger partial charge in [-0.1, -0.05) is 77.9 Å². The molecule has 0 bridgehead atoms. The number of fused-ring (bicyclic) bond motifs is 4. The summed E-state index contributed by atoms with van der Waals surface area (Å²) >= 11 is 1.51. The number of carbonyl (C=O) groups excluding carboxylic acids is 4. The molecule has 4 aliphatic rings. The van der Waals surface area contributed by atoms with Crippen LogP contribution in [0.25, 0.3) is 0 Å². The molecule has 4 aromatic rings. The summed E-state index contributed by atoms with van der Waals surface area (Å²) in [4.78, 5) is 60.3. The number of nitrogens with zero attached hydrogens (tertiary/aromatic N) is 2. The minimum Gasteiger partial charge on any atom is -0.508 e. The Morgan fingerprint density at radius 3 is 2.35 bits per heavy atom. The van der Waals surface area contributed by atoms with Gasteiger partial charge < -0.3 is 5.11 Å². The summed E-state index contributed by atoms with van der Waals surface area (Å²) in [5.41, 5.74) is 6.49. The van der Waals surface area contributed by atoms with Gasteiger partial charge in [0.25, 0.3) is 11.8 Å². The highest BCUT2D eigenvalue weighted by atomic mass is 32.1. The molecule has 2 saturated heterocycles. The van der Waals surface area contributed by atoms with E-state index < -0.39 is 35.0 Å². The number of hydrogen-bond donors (Lipinski definition) is 2. The van der Waals surface area contributed by atoms with E-state index in [-0.39, 0.29) is 42.3 Å². The van der Waals surface area contributed by atoms with Crippen molar-refractivity contribution < 1.29 is 24.3 Å². The summed E-state index contributed by atoms with van der Waals surface area (Å²) in [6.45, 7) is 4.01. The molecular formula is C39H35N3O5S. The van der Waals surface area contributed by atoms with Crippen molar-refractivity contribution in [1.29, 1.82) is 0 Å². The van der Waals surface area contributed by atoms with Crippen LogP contribution in [-0.2, 0) is 31.1 Å². The first kappa shape index (κ1) is 30.3. The van der Waals surface area contributed by atoms with Crippen LogP contribution in [0.4, 0.5) is 5.69 Å². The van der Waals surface area contributed by atoms with Crippen LogP contribution >= 0.6 is 11.3 Å². The number of amides is 4. The Kier molecular flexibility index (Phi) is 7.14. The Balaban J connectivity index is 1.30. The van der Waals surface area contributed by atoms with Gasteiger partial charge in [-0.2, -0.15) is 5.01 Å². The fraction of sp³-hybridized carbons (Fsp3) is 0.282. The van der Waals surface area contributed by atoms with Crippen molar-refractivity contribution in [1.82, 2.24) is 9.91 Å². The smallest absolute Gasteiger partial charge is 0.260 e. The van der Waals surface area contributed by atoms with Crippen molar-refractivity contribution in [2.24, 2.45) is 23.7 Å². The van der Waals surface area contributed by atoms with Gasteiger partial charge in [-0.3, -0.25) is 29.5 Å². The van der Waals surface area contributed by atoms with Crippen molar-refractivity contribution in [3.8, 4) is 5.75 Å². The van der Waals surface area contributed by atoms with Gasteiger partial charge in [0.1, 0.15) is 5.75 Å². The van der Waals surface area contributed by atoms with Crippen LogP contribution < -0.4 is 5.43 Å². The second-order valence-electron chi connectivity index (χ2n) is 13.5. The Bertz CT molecular complexity index is 1990. The van der Waals surface area contributed by atoms with E-state index in [1.807, 2.05) is 98.1 Å². The molecule has 3 fully saturated rings. The van der Waals surface area contributed by atoms with Crippen molar-refractivity contribution in [3.63, 3.8) is 0 Å². The minimum atomic E-state index is -1.34. The second kappa shape index (κ2) is 11.3. The number of imide groups is 2. The number of nitrogens with one attached hydrogen (secondary N) is 1. The van der Waals surface area contributed by atoms with Crippen LogP contribution in [0.5, 0.6) is 5.75 Å². The molecule has 0 spiro atoms. The lowest BCUT2D eigenvalue weighted by atomic mass is 9.49. The first-order valence-electron chi connectivity index (χ1n) is 16.3. The van der Waals surface area contributed by atoms with Crippen molar-refractivity contribution in [2.45, 2.75) is 44.6 Å². The third-order valence-corrected chi connectivity index (χ3v) is 11.8. The molecule has 1 aromatic heterocycles. The van der Waals surface area contributed by atoms with Crippen LogP contribution in [0.15, 0.2) is 102 Å². The largest absolute Gasteiger partial charge is 0.508 e. The lowest BCUT2D eigenvalue weighted by Crippen LogP contribution is -2.53. The van der Waals surface area contributed by atoms with E-state index in [1.54, 1.807) is 6.07 Å². The third kappa shape index (κ3) is 4.40. The van der Waals surface area contributed by atoms with Crippen LogP contribution in [-0.4, -0.2) is 38.6 Å². The van der Waals surface area contributed by atoms with Gasteiger partial charge in [0.15, 0.2) is 0 Å². The fourth-order valence-electron chi connectivity index (χ4n) is 8.76. The molecule has 2 aliphatic carbocycles. The third-order valence-electron chi connectivity index (χ3n) is 10.9. The zero-order chi connectivity index (χ0) is 33.3. The number of benzene rings is 3. The minimum absolute atomic E-state index is 0.131. The number of thiophene rings is 1. The summed E-state index contributed by atoms with van der Waals surface area (Å²) in [5.74, 6) is -4.01. The molecule has 4 amide bonds. The van der Waals surface area contributed by atoms with E-state index in [0.29, 0.717) is 23.2 Å². The van der Waals surface area contributed by atoms with Crippen LogP contribution in [0.2, 0.25) is 0 Å². The quantitative estimate of drug-likeness (QED) is 0.187. The summed E-state index contributed by atoms with van der Waals surface area (Å²) in [6, 6.07) is 26.2. The number of aryl methyl sites for hydroxylation is 2. The van der Waals surface area contributed by atoms with E-state index in [4.69, 9.17) is 0 Å². The average molecular weight is 658 g/mol. The number of aromatic hydroxyl groups is 1. The molecule has 2 N–H and O–H groups in total. The fourth-order valence-corrected chi connectivity index (χ4v) is 9.45. The van der Waals surface area contributed by atoms with Gasteiger partial charge in [0.2, 0.25) is 11.8 Å². The lowest BCUT2D eigenvalue weighted by molar-refractivity contribution is -0.141. The zero-order valence-corrected chi connectivity index (χ0v) is 27.4. The highest BCUT2D eigenvalue weighted by molar-refractivity contribution is 7.09. The van der Waals surface area contributed by atoms with Crippen LogP contribution in [0.1, 0.15) is 45.9 Å². The predicted octanol–water partition coefficient (Wildman–Crippen LogP) is 6.26. The Labute approximate surface area is 282 Å². The highest BCUT2D eigenvalue weighted by Crippen LogP contribution is 2.64. The average Bonchev–Trinajstić information content (AvgIpc) is 3.76. The molecule has 8 rings (SSSR count). The molecule has 242 valence electrons. The predicted molar refractivity (Wildman–Crippen MR) is 182 cm³/mol. The molecule has 9 heteroatoms. The molecule has 0 radical (unpaired) electrons. The SMILES string of the molecule is Cc1ccc(NN2C(=O)C3CC4C(=CCC5C(=O)N(Cc6cccs6)C(=O)C54)C(c4ccc(O)c(C)c4)C3(c3ccccc3)C2=O)cc1. The maximum Gasteiger partial charge on any atom is 0.260 e. The second-order valence-corrected chi connectivity index (χ2v) is 14.5. The Morgan fingerprint density at radius 1 is 0.875 bits per heavy atom. The molecule has 2 aliphatic heterocycles. The van der Waals surface area contributed by atoms with E-state index in [1.165, 1.54) is 21.2 Å². The molecular weight excluding hydrogens is 623 g/mol. The summed E-state index contributed by atoms with van der Waals surface area (Å²) in [5, 5.41) is 13.6. The maximum absolute atomic E-state index is 15.2. The molecule has 3 aromatic carbocycles. The number of carbonyl (C=O) groups is 4. The van der Waals surface area contributed by atoms with E-state index >= 15 is 4.79 Å². The number of hydrogen-bond acceptors (Lipinski definition) is 7. The van der Waals surface area contributed by atoms with Gasteiger partial charge in [-0.25, -0.2) is 0 Å².